The van der Waals surface area contributed by atoms with Gasteiger partial charge in [-0.1, -0.05) is 0 Å². The van der Waals surface area contributed by atoms with Crippen LogP contribution in [0.15, 0.2) is 28.7 Å². The van der Waals surface area contributed by atoms with Gasteiger partial charge in [-0.3, -0.25) is 4.79 Å². The first-order valence-corrected chi connectivity index (χ1v) is 7.13. The summed E-state index contributed by atoms with van der Waals surface area (Å²) in [6.45, 7) is 0. The number of rotatable bonds is 5. The van der Waals surface area contributed by atoms with E-state index in [0.717, 1.165) is 19.3 Å². The summed E-state index contributed by atoms with van der Waals surface area (Å²) in [5, 5.41) is 12.4. The fraction of sp³-hybridized carbons (Fsp3) is 0.375. The first kappa shape index (κ1) is 14.6. The van der Waals surface area contributed by atoms with Gasteiger partial charge in [0.1, 0.15) is 5.58 Å². The minimum Gasteiger partial charge on any atom is -0.475 e. The Morgan fingerprint density at radius 3 is 2.73 bits per heavy atom. The Balaban J connectivity index is 1.73. The van der Waals surface area contributed by atoms with Crippen LogP contribution >= 0.6 is 0 Å². The summed E-state index contributed by atoms with van der Waals surface area (Å²) in [4.78, 5) is 23.0. The average Bonchev–Trinajstić information content (AvgIpc) is 2.86. The molecule has 6 nitrogen and oxygen atoms in total. The second-order valence-electron chi connectivity index (χ2n) is 5.63. The molecule has 2 N–H and O–H groups in total. The molecule has 1 saturated carbocycles. The lowest BCUT2D eigenvalue weighted by atomic mass is 9.77. The molecular formula is C16H17NO5. The molecule has 22 heavy (non-hydrogen) atoms. The van der Waals surface area contributed by atoms with E-state index in [9.17, 15) is 9.59 Å². The first-order chi connectivity index (χ1) is 10.5. The zero-order chi connectivity index (χ0) is 15.7. The van der Waals surface area contributed by atoms with Crippen molar-refractivity contribution < 1.29 is 23.8 Å². The number of carbonyl (C=O) groups excluding carboxylic acids is 1. The third-order valence-electron chi connectivity index (χ3n) is 4.19. The molecule has 0 bridgehead atoms. The normalized spacial score (nSPS) is 16.2. The Bertz CT molecular complexity index is 724. The van der Waals surface area contributed by atoms with Crippen LogP contribution in [0.2, 0.25) is 0 Å². The highest BCUT2D eigenvalue weighted by molar-refractivity contribution is 5.96. The van der Waals surface area contributed by atoms with Crippen LogP contribution in [0.25, 0.3) is 11.0 Å². The summed E-state index contributed by atoms with van der Waals surface area (Å²) < 4.78 is 10.6. The number of benzene rings is 1. The second-order valence-corrected chi connectivity index (χ2v) is 5.63. The molecule has 1 aromatic carbocycles. The molecular weight excluding hydrogens is 286 g/mol. The van der Waals surface area contributed by atoms with E-state index < -0.39 is 5.97 Å². The number of furan rings is 1. The van der Waals surface area contributed by atoms with Crippen LogP contribution in [0.4, 0.5) is 5.69 Å². The van der Waals surface area contributed by atoms with E-state index in [1.54, 1.807) is 25.3 Å². The van der Waals surface area contributed by atoms with Gasteiger partial charge in [0.05, 0.1) is 12.0 Å². The first-order valence-electron chi connectivity index (χ1n) is 7.13. The molecule has 1 aliphatic carbocycles. The molecule has 1 amide bonds. The average molecular weight is 303 g/mol. The lowest BCUT2D eigenvalue weighted by Gasteiger charge is -2.39. The number of carbonyl (C=O) groups is 2. The molecule has 0 atom stereocenters. The van der Waals surface area contributed by atoms with Gasteiger partial charge in [0, 0.05) is 18.2 Å². The molecule has 6 heteroatoms. The highest BCUT2D eigenvalue weighted by Crippen LogP contribution is 2.38. The number of carboxylic acids is 1. The van der Waals surface area contributed by atoms with Crippen molar-refractivity contribution in [2.75, 3.05) is 12.4 Å². The minimum absolute atomic E-state index is 0.108. The van der Waals surface area contributed by atoms with Gasteiger partial charge in [-0.2, -0.15) is 0 Å². The van der Waals surface area contributed by atoms with Crippen molar-refractivity contribution in [3.05, 3.63) is 30.0 Å². The smallest absolute Gasteiger partial charge is 0.371 e. The minimum atomic E-state index is -1.12. The van der Waals surface area contributed by atoms with Crippen LogP contribution in [0, 0.1) is 0 Å². The summed E-state index contributed by atoms with van der Waals surface area (Å²) in [7, 11) is 1.64. The zero-order valence-electron chi connectivity index (χ0n) is 12.2. The number of hydrogen-bond acceptors (Lipinski definition) is 4. The van der Waals surface area contributed by atoms with Crippen molar-refractivity contribution >= 4 is 28.5 Å². The van der Waals surface area contributed by atoms with Gasteiger partial charge in [0.25, 0.3) is 0 Å². The third-order valence-corrected chi connectivity index (χ3v) is 4.19. The van der Waals surface area contributed by atoms with Crippen molar-refractivity contribution in [2.45, 2.75) is 31.3 Å². The lowest BCUT2D eigenvalue weighted by molar-refractivity contribution is -0.129. The van der Waals surface area contributed by atoms with Crippen LogP contribution in [0.5, 0.6) is 0 Å². The van der Waals surface area contributed by atoms with Crippen LogP contribution in [-0.2, 0) is 9.53 Å². The maximum atomic E-state index is 12.1. The molecule has 0 saturated heterocycles. The maximum Gasteiger partial charge on any atom is 0.371 e. The number of fused-ring (bicyclic) bond motifs is 1. The van der Waals surface area contributed by atoms with Crippen LogP contribution in [0.1, 0.15) is 36.2 Å². The second kappa shape index (κ2) is 5.46. The van der Waals surface area contributed by atoms with Gasteiger partial charge in [-0.25, -0.2) is 4.79 Å². The molecule has 2 aromatic rings. The highest BCUT2D eigenvalue weighted by atomic mass is 16.5. The molecule has 0 spiro atoms. The molecule has 116 valence electrons. The van der Waals surface area contributed by atoms with Crippen LogP contribution in [0.3, 0.4) is 0 Å². The largest absolute Gasteiger partial charge is 0.475 e. The molecule has 1 heterocycles. The van der Waals surface area contributed by atoms with Gasteiger partial charge in [-0.15, -0.1) is 0 Å². The molecule has 1 aromatic heterocycles. The number of nitrogens with one attached hydrogen (secondary N) is 1. The van der Waals surface area contributed by atoms with Crippen LogP contribution < -0.4 is 5.32 Å². The molecule has 1 fully saturated rings. The Hall–Kier alpha value is -2.34. The van der Waals surface area contributed by atoms with Gasteiger partial charge in [-0.05, 0) is 43.5 Å². The number of anilines is 1. The molecule has 3 rings (SSSR count). The van der Waals surface area contributed by atoms with E-state index in [2.05, 4.69) is 5.32 Å². The Morgan fingerprint density at radius 2 is 2.14 bits per heavy atom. The fourth-order valence-corrected chi connectivity index (χ4v) is 2.75. The number of ether oxygens (including phenoxy) is 1. The summed E-state index contributed by atoms with van der Waals surface area (Å²) in [6.07, 6.45) is 3.21. The van der Waals surface area contributed by atoms with E-state index in [-0.39, 0.29) is 17.3 Å². The highest BCUT2D eigenvalue weighted by Gasteiger charge is 2.38. The monoisotopic (exact) mass is 303 g/mol. The van der Waals surface area contributed by atoms with Gasteiger partial charge in [0.2, 0.25) is 11.7 Å². The standard InChI is InChI=1S/C16H17NO5/c1-21-16(5-2-6-16)9-14(18)17-11-3-4-12-10(7-11)8-13(22-12)15(19)20/h3-4,7-8H,2,5-6,9H2,1H3,(H,17,18)(H,19,20). The predicted octanol–water partition coefficient (Wildman–Crippen LogP) is 3.03. The SMILES string of the molecule is COC1(CC(=O)Nc2ccc3oc(C(=O)O)cc3c2)CCC1. The van der Waals surface area contributed by atoms with Crippen molar-refractivity contribution in [2.24, 2.45) is 0 Å². The maximum absolute atomic E-state index is 12.1. The van der Waals surface area contributed by atoms with Gasteiger partial charge >= 0.3 is 5.97 Å². The molecule has 1 aliphatic rings. The topological polar surface area (TPSA) is 88.8 Å². The fourth-order valence-electron chi connectivity index (χ4n) is 2.75. The summed E-state index contributed by atoms with van der Waals surface area (Å²) in [6, 6.07) is 6.47. The van der Waals surface area contributed by atoms with Crippen molar-refractivity contribution in [1.82, 2.24) is 0 Å². The van der Waals surface area contributed by atoms with E-state index in [1.165, 1.54) is 6.07 Å². The summed E-state index contributed by atoms with van der Waals surface area (Å²) in [5.41, 5.74) is 0.767. The Morgan fingerprint density at radius 1 is 1.36 bits per heavy atom. The number of amides is 1. The van der Waals surface area contributed by atoms with E-state index in [0.29, 0.717) is 23.1 Å². The molecule has 0 aliphatic heterocycles. The van der Waals surface area contributed by atoms with Crippen LogP contribution in [-0.4, -0.2) is 29.7 Å². The van der Waals surface area contributed by atoms with Crippen molar-refractivity contribution in [1.29, 1.82) is 0 Å². The lowest BCUT2D eigenvalue weighted by Crippen LogP contribution is -2.42. The van der Waals surface area contributed by atoms with Crippen molar-refractivity contribution in [3.8, 4) is 0 Å². The molecule has 0 unspecified atom stereocenters. The quantitative estimate of drug-likeness (QED) is 0.886. The number of methoxy groups -OCH3 is 1. The van der Waals surface area contributed by atoms with Crippen molar-refractivity contribution in [3.63, 3.8) is 0 Å². The Kier molecular flexibility index (Phi) is 3.62. The third kappa shape index (κ3) is 2.69. The van der Waals surface area contributed by atoms with E-state index >= 15 is 0 Å². The number of carboxylic acid groups (broad SMARTS) is 1. The predicted molar refractivity (Wildman–Crippen MR) is 80.0 cm³/mol. The summed E-state index contributed by atoms with van der Waals surface area (Å²) in [5.74, 6) is -1.34. The Labute approximate surface area is 127 Å². The van der Waals surface area contributed by atoms with Gasteiger partial charge in [0.15, 0.2) is 0 Å². The van der Waals surface area contributed by atoms with E-state index in [1.807, 2.05) is 0 Å². The zero-order valence-corrected chi connectivity index (χ0v) is 12.2. The van der Waals surface area contributed by atoms with Gasteiger partial charge < -0.3 is 19.6 Å². The number of hydrogen-bond donors (Lipinski definition) is 2. The number of aromatic carboxylic acids is 1. The van der Waals surface area contributed by atoms with E-state index in [4.69, 9.17) is 14.3 Å². The molecule has 0 radical (unpaired) electrons. The summed E-state index contributed by atoms with van der Waals surface area (Å²) >= 11 is 0.